The standard InChI is InChI=1S/C12H24N2O4/c1-4-10(8-15)14-12(17)11(16)13-6-5-7-18-9(2)3/h9-10,15H,4-8H2,1-3H3,(H,13,16)(H,14,17)/t10-/m1/s1. The van der Waals surface area contributed by atoms with Crippen molar-refractivity contribution >= 4 is 11.8 Å². The molecule has 0 unspecified atom stereocenters. The Balaban J connectivity index is 3.71. The van der Waals surface area contributed by atoms with Crippen LogP contribution in [0.4, 0.5) is 0 Å². The van der Waals surface area contributed by atoms with Crippen molar-refractivity contribution in [2.45, 2.75) is 45.8 Å². The summed E-state index contributed by atoms with van der Waals surface area (Å²) in [4.78, 5) is 22.7. The van der Waals surface area contributed by atoms with Gasteiger partial charge in [-0.2, -0.15) is 0 Å². The molecule has 0 saturated carbocycles. The molecule has 0 spiro atoms. The molecule has 0 radical (unpaired) electrons. The third kappa shape index (κ3) is 8.03. The van der Waals surface area contributed by atoms with Gasteiger partial charge in [0.1, 0.15) is 0 Å². The van der Waals surface area contributed by atoms with Crippen molar-refractivity contribution in [3.8, 4) is 0 Å². The molecule has 0 aromatic carbocycles. The lowest BCUT2D eigenvalue weighted by molar-refractivity contribution is -0.139. The largest absolute Gasteiger partial charge is 0.394 e. The lowest BCUT2D eigenvalue weighted by Gasteiger charge is -2.13. The van der Waals surface area contributed by atoms with Gasteiger partial charge in [-0.1, -0.05) is 6.92 Å². The topological polar surface area (TPSA) is 87.7 Å². The summed E-state index contributed by atoms with van der Waals surface area (Å²) in [6, 6.07) is -0.368. The van der Waals surface area contributed by atoms with E-state index < -0.39 is 11.8 Å². The number of nitrogens with one attached hydrogen (secondary N) is 2. The second-order valence-electron chi connectivity index (χ2n) is 4.29. The Morgan fingerprint density at radius 2 is 1.94 bits per heavy atom. The van der Waals surface area contributed by atoms with Gasteiger partial charge in [-0.15, -0.1) is 0 Å². The molecule has 0 saturated heterocycles. The van der Waals surface area contributed by atoms with Crippen LogP contribution in [0.3, 0.4) is 0 Å². The maximum Gasteiger partial charge on any atom is 0.309 e. The number of carbonyl (C=O) groups excluding carboxylic acids is 2. The van der Waals surface area contributed by atoms with E-state index in [9.17, 15) is 9.59 Å². The SMILES string of the molecule is CC[C@H](CO)NC(=O)C(=O)NCCCOC(C)C. The van der Waals surface area contributed by atoms with Crippen LogP contribution < -0.4 is 10.6 Å². The first-order valence-corrected chi connectivity index (χ1v) is 6.32. The number of hydrogen-bond donors (Lipinski definition) is 3. The second kappa shape index (κ2) is 9.85. The summed E-state index contributed by atoms with van der Waals surface area (Å²) in [5.74, 6) is -1.38. The van der Waals surface area contributed by atoms with Crippen molar-refractivity contribution < 1.29 is 19.4 Å². The Morgan fingerprint density at radius 3 is 2.44 bits per heavy atom. The van der Waals surface area contributed by atoms with Gasteiger partial charge in [0.25, 0.3) is 0 Å². The van der Waals surface area contributed by atoms with E-state index in [2.05, 4.69) is 10.6 Å². The van der Waals surface area contributed by atoms with Gasteiger partial charge in [-0.3, -0.25) is 9.59 Å². The van der Waals surface area contributed by atoms with Gasteiger partial charge in [0.15, 0.2) is 0 Å². The molecular weight excluding hydrogens is 236 g/mol. The lowest BCUT2D eigenvalue weighted by Crippen LogP contribution is -2.46. The zero-order valence-electron chi connectivity index (χ0n) is 11.4. The fraction of sp³-hybridized carbons (Fsp3) is 0.833. The van der Waals surface area contributed by atoms with E-state index >= 15 is 0 Å². The zero-order chi connectivity index (χ0) is 14.0. The normalized spacial score (nSPS) is 12.3. The quantitative estimate of drug-likeness (QED) is 0.417. The van der Waals surface area contributed by atoms with Crippen molar-refractivity contribution in [2.24, 2.45) is 0 Å². The van der Waals surface area contributed by atoms with E-state index in [1.165, 1.54) is 0 Å². The van der Waals surface area contributed by atoms with E-state index in [1.54, 1.807) is 0 Å². The van der Waals surface area contributed by atoms with Crippen LogP contribution >= 0.6 is 0 Å². The minimum absolute atomic E-state index is 0.166. The smallest absolute Gasteiger partial charge is 0.309 e. The number of rotatable bonds is 8. The molecule has 1 atom stereocenters. The lowest BCUT2D eigenvalue weighted by atomic mass is 10.2. The molecule has 0 rings (SSSR count). The average molecular weight is 260 g/mol. The molecule has 0 heterocycles. The van der Waals surface area contributed by atoms with Gasteiger partial charge in [0.2, 0.25) is 0 Å². The highest BCUT2D eigenvalue weighted by Gasteiger charge is 2.16. The van der Waals surface area contributed by atoms with Crippen molar-refractivity contribution in [1.29, 1.82) is 0 Å². The van der Waals surface area contributed by atoms with Gasteiger partial charge in [-0.05, 0) is 26.7 Å². The summed E-state index contributed by atoms with van der Waals surface area (Å²) >= 11 is 0. The van der Waals surface area contributed by atoms with Crippen LogP contribution in [0.5, 0.6) is 0 Å². The van der Waals surface area contributed by atoms with Crippen molar-refractivity contribution in [2.75, 3.05) is 19.8 Å². The number of amides is 2. The van der Waals surface area contributed by atoms with E-state index in [0.29, 0.717) is 26.0 Å². The molecule has 0 fully saturated rings. The van der Waals surface area contributed by atoms with Gasteiger partial charge < -0.3 is 20.5 Å². The highest BCUT2D eigenvalue weighted by Crippen LogP contribution is 1.90. The Morgan fingerprint density at radius 1 is 1.28 bits per heavy atom. The summed E-state index contributed by atoms with van der Waals surface area (Å²) in [6.45, 7) is 6.47. The number of aliphatic hydroxyl groups is 1. The first-order valence-electron chi connectivity index (χ1n) is 6.32. The Bertz CT molecular complexity index is 252. The predicted molar refractivity (Wildman–Crippen MR) is 68.0 cm³/mol. The minimum Gasteiger partial charge on any atom is -0.394 e. The molecule has 0 bridgehead atoms. The monoisotopic (exact) mass is 260 g/mol. The predicted octanol–water partition coefficient (Wildman–Crippen LogP) is -0.195. The highest BCUT2D eigenvalue weighted by atomic mass is 16.5. The minimum atomic E-state index is -0.708. The summed E-state index contributed by atoms with van der Waals surface area (Å²) in [5.41, 5.74) is 0. The van der Waals surface area contributed by atoms with Crippen molar-refractivity contribution in [3.05, 3.63) is 0 Å². The first-order chi connectivity index (χ1) is 8.51. The molecule has 0 aliphatic rings. The van der Waals surface area contributed by atoms with Gasteiger partial charge in [-0.25, -0.2) is 0 Å². The van der Waals surface area contributed by atoms with Crippen LogP contribution in [0.2, 0.25) is 0 Å². The zero-order valence-corrected chi connectivity index (χ0v) is 11.4. The molecule has 18 heavy (non-hydrogen) atoms. The Labute approximate surface area is 108 Å². The Kier molecular flexibility index (Phi) is 9.22. The molecule has 3 N–H and O–H groups in total. The molecule has 0 aliphatic heterocycles. The number of ether oxygens (including phenoxy) is 1. The van der Waals surface area contributed by atoms with Crippen LogP contribution in [0.1, 0.15) is 33.6 Å². The summed E-state index contributed by atoms with van der Waals surface area (Å²) in [6.07, 6.45) is 1.41. The van der Waals surface area contributed by atoms with Gasteiger partial charge in [0, 0.05) is 13.2 Å². The Hall–Kier alpha value is -1.14. The van der Waals surface area contributed by atoms with E-state index in [0.717, 1.165) is 0 Å². The summed E-state index contributed by atoms with van der Waals surface area (Å²) in [5, 5.41) is 13.8. The van der Waals surface area contributed by atoms with Crippen LogP contribution in [-0.4, -0.2) is 48.8 Å². The van der Waals surface area contributed by atoms with E-state index in [-0.39, 0.29) is 18.8 Å². The molecule has 2 amide bonds. The fourth-order valence-corrected chi connectivity index (χ4v) is 1.20. The average Bonchev–Trinajstić information content (AvgIpc) is 2.34. The molecule has 0 aromatic heterocycles. The van der Waals surface area contributed by atoms with E-state index in [4.69, 9.17) is 9.84 Å². The van der Waals surface area contributed by atoms with Crippen LogP contribution in [0, 0.1) is 0 Å². The number of carbonyl (C=O) groups is 2. The van der Waals surface area contributed by atoms with Crippen LogP contribution in [0.25, 0.3) is 0 Å². The maximum atomic E-state index is 11.4. The molecule has 6 heteroatoms. The molecule has 6 nitrogen and oxygen atoms in total. The van der Waals surface area contributed by atoms with Crippen molar-refractivity contribution in [3.63, 3.8) is 0 Å². The van der Waals surface area contributed by atoms with Gasteiger partial charge in [0.05, 0.1) is 18.8 Å². The molecule has 0 aliphatic carbocycles. The highest BCUT2D eigenvalue weighted by molar-refractivity contribution is 6.35. The number of aliphatic hydroxyl groups excluding tert-OH is 1. The first kappa shape index (κ1) is 16.9. The fourth-order valence-electron chi connectivity index (χ4n) is 1.20. The van der Waals surface area contributed by atoms with E-state index in [1.807, 2.05) is 20.8 Å². The molecular formula is C12H24N2O4. The van der Waals surface area contributed by atoms with Gasteiger partial charge >= 0.3 is 11.8 Å². The third-order valence-corrected chi connectivity index (χ3v) is 2.31. The summed E-state index contributed by atoms with van der Waals surface area (Å²) in [7, 11) is 0. The molecule has 106 valence electrons. The summed E-state index contributed by atoms with van der Waals surface area (Å²) < 4.78 is 5.30. The van der Waals surface area contributed by atoms with Crippen LogP contribution in [-0.2, 0) is 14.3 Å². The second-order valence-corrected chi connectivity index (χ2v) is 4.29. The van der Waals surface area contributed by atoms with Crippen LogP contribution in [0.15, 0.2) is 0 Å². The van der Waals surface area contributed by atoms with Crippen molar-refractivity contribution in [1.82, 2.24) is 10.6 Å². The third-order valence-electron chi connectivity index (χ3n) is 2.31. The number of hydrogen-bond acceptors (Lipinski definition) is 4. The maximum absolute atomic E-state index is 11.4. The molecule has 0 aromatic rings.